The second-order valence-electron chi connectivity index (χ2n) is 3.27. The fourth-order valence-electron chi connectivity index (χ4n) is 1.17. The molecular formula is C10H8Cl2N4OS. The molecule has 0 atom stereocenters. The Kier molecular flexibility index (Phi) is 4.46. The summed E-state index contributed by atoms with van der Waals surface area (Å²) in [5.74, 6) is 0.0913. The largest absolute Gasteiger partial charge is 0.325 e. The zero-order valence-corrected chi connectivity index (χ0v) is 11.3. The summed E-state index contributed by atoms with van der Waals surface area (Å²) < 4.78 is 0. The standard InChI is InChI=1S/C10H8Cl2N4OS/c11-7-2-1-6(3-8(7)12)14-9(17)5-18-10-4-13-16-15-10/h1-4H,5H2,(H,14,17)(H,13,15,16). The molecule has 8 heteroatoms. The van der Waals surface area contributed by atoms with Crippen molar-refractivity contribution in [2.24, 2.45) is 0 Å². The minimum absolute atomic E-state index is 0.151. The van der Waals surface area contributed by atoms with Gasteiger partial charge in [0.15, 0.2) is 0 Å². The first-order valence-corrected chi connectivity index (χ1v) is 6.63. The van der Waals surface area contributed by atoms with Crippen molar-refractivity contribution in [3.63, 3.8) is 0 Å². The van der Waals surface area contributed by atoms with E-state index < -0.39 is 0 Å². The Bertz CT molecular complexity index is 547. The molecule has 1 amide bonds. The number of carbonyl (C=O) groups excluding carboxylic acids is 1. The fourth-order valence-corrected chi connectivity index (χ4v) is 2.05. The molecule has 0 radical (unpaired) electrons. The summed E-state index contributed by atoms with van der Waals surface area (Å²) >= 11 is 12.9. The van der Waals surface area contributed by atoms with Crippen LogP contribution in [0.4, 0.5) is 5.69 Å². The van der Waals surface area contributed by atoms with Crippen molar-refractivity contribution in [2.75, 3.05) is 11.1 Å². The molecule has 18 heavy (non-hydrogen) atoms. The summed E-state index contributed by atoms with van der Waals surface area (Å²) in [6.07, 6.45) is 1.55. The van der Waals surface area contributed by atoms with E-state index >= 15 is 0 Å². The highest BCUT2D eigenvalue weighted by Gasteiger charge is 2.06. The van der Waals surface area contributed by atoms with E-state index in [9.17, 15) is 4.79 Å². The topological polar surface area (TPSA) is 70.7 Å². The lowest BCUT2D eigenvalue weighted by atomic mass is 10.3. The van der Waals surface area contributed by atoms with Crippen molar-refractivity contribution in [3.8, 4) is 0 Å². The first kappa shape index (κ1) is 13.2. The van der Waals surface area contributed by atoms with Crippen LogP contribution < -0.4 is 5.32 Å². The van der Waals surface area contributed by atoms with Crippen LogP contribution in [0.1, 0.15) is 0 Å². The molecule has 0 aliphatic heterocycles. The molecule has 0 saturated heterocycles. The van der Waals surface area contributed by atoms with Crippen molar-refractivity contribution < 1.29 is 4.79 Å². The number of halogens is 2. The summed E-state index contributed by atoms with van der Waals surface area (Å²) in [7, 11) is 0. The van der Waals surface area contributed by atoms with Crippen LogP contribution in [-0.4, -0.2) is 27.1 Å². The van der Waals surface area contributed by atoms with Gasteiger partial charge in [0.25, 0.3) is 0 Å². The average Bonchev–Trinajstić information content (AvgIpc) is 2.84. The molecule has 5 nitrogen and oxygen atoms in total. The minimum atomic E-state index is -0.151. The quantitative estimate of drug-likeness (QED) is 0.852. The summed E-state index contributed by atoms with van der Waals surface area (Å²) in [6.45, 7) is 0. The monoisotopic (exact) mass is 302 g/mol. The molecule has 1 aromatic heterocycles. The highest BCUT2D eigenvalue weighted by atomic mass is 35.5. The number of aromatic amines is 1. The fraction of sp³-hybridized carbons (Fsp3) is 0.100. The second kappa shape index (κ2) is 6.08. The number of thioether (sulfide) groups is 1. The Labute approximate surface area is 117 Å². The Morgan fingerprint density at radius 3 is 2.89 bits per heavy atom. The highest BCUT2D eigenvalue weighted by Crippen LogP contribution is 2.25. The average molecular weight is 303 g/mol. The van der Waals surface area contributed by atoms with E-state index in [0.717, 1.165) is 0 Å². The third-order valence-electron chi connectivity index (χ3n) is 1.95. The van der Waals surface area contributed by atoms with Gasteiger partial charge < -0.3 is 5.32 Å². The molecule has 94 valence electrons. The number of rotatable bonds is 4. The van der Waals surface area contributed by atoms with Crippen LogP contribution in [0, 0.1) is 0 Å². The van der Waals surface area contributed by atoms with Crippen LogP contribution in [0.3, 0.4) is 0 Å². The SMILES string of the molecule is O=C(CSc1cn[nH]n1)Nc1ccc(Cl)c(Cl)c1. The number of benzene rings is 1. The Balaban J connectivity index is 1.88. The van der Waals surface area contributed by atoms with E-state index in [0.29, 0.717) is 20.8 Å². The van der Waals surface area contributed by atoms with Crippen LogP contribution in [0.5, 0.6) is 0 Å². The minimum Gasteiger partial charge on any atom is -0.325 e. The van der Waals surface area contributed by atoms with Crippen molar-refractivity contribution in [3.05, 3.63) is 34.4 Å². The number of amides is 1. The number of anilines is 1. The molecule has 0 aliphatic rings. The van der Waals surface area contributed by atoms with E-state index in [1.54, 1.807) is 24.4 Å². The van der Waals surface area contributed by atoms with E-state index in [1.807, 2.05) is 0 Å². The Morgan fingerprint density at radius 2 is 2.22 bits per heavy atom. The summed E-state index contributed by atoms with van der Waals surface area (Å²) in [6, 6.07) is 4.92. The summed E-state index contributed by atoms with van der Waals surface area (Å²) in [5, 5.41) is 14.2. The number of nitrogens with zero attached hydrogens (tertiary/aromatic N) is 2. The number of hydrogen-bond donors (Lipinski definition) is 2. The van der Waals surface area contributed by atoms with Gasteiger partial charge in [-0.2, -0.15) is 10.3 Å². The molecular weight excluding hydrogens is 295 g/mol. The predicted octanol–water partition coefficient (Wildman–Crippen LogP) is 2.84. The van der Waals surface area contributed by atoms with Crippen LogP contribution in [0.2, 0.25) is 10.0 Å². The van der Waals surface area contributed by atoms with Crippen molar-refractivity contribution in [2.45, 2.75) is 5.03 Å². The van der Waals surface area contributed by atoms with Gasteiger partial charge in [-0.3, -0.25) is 4.79 Å². The van der Waals surface area contributed by atoms with Gasteiger partial charge in [-0.1, -0.05) is 35.0 Å². The van der Waals surface area contributed by atoms with Gasteiger partial charge in [0.2, 0.25) is 5.91 Å². The molecule has 0 spiro atoms. The molecule has 0 unspecified atom stereocenters. The number of hydrogen-bond acceptors (Lipinski definition) is 4. The van der Waals surface area contributed by atoms with Gasteiger partial charge >= 0.3 is 0 Å². The molecule has 2 N–H and O–H groups in total. The zero-order chi connectivity index (χ0) is 13.0. The van der Waals surface area contributed by atoms with Crippen LogP contribution in [0.15, 0.2) is 29.4 Å². The molecule has 0 fully saturated rings. The maximum atomic E-state index is 11.6. The number of carbonyl (C=O) groups is 1. The summed E-state index contributed by atoms with van der Waals surface area (Å²) in [4.78, 5) is 11.6. The van der Waals surface area contributed by atoms with Gasteiger partial charge in [-0.15, -0.1) is 5.10 Å². The van der Waals surface area contributed by atoms with E-state index in [1.165, 1.54) is 11.8 Å². The Morgan fingerprint density at radius 1 is 1.39 bits per heavy atom. The summed E-state index contributed by atoms with van der Waals surface area (Å²) in [5.41, 5.74) is 0.607. The molecule has 1 heterocycles. The lowest BCUT2D eigenvalue weighted by Crippen LogP contribution is -2.13. The van der Waals surface area contributed by atoms with E-state index in [2.05, 4.69) is 20.7 Å². The van der Waals surface area contributed by atoms with Gasteiger partial charge in [0.05, 0.1) is 22.0 Å². The maximum Gasteiger partial charge on any atom is 0.234 e. The van der Waals surface area contributed by atoms with Gasteiger partial charge in [0, 0.05) is 5.69 Å². The molecule has 0 aliphatic carbocycles. The first-order valence-electron chi connectivity index (χ1n) is 4.88. The lowest BCUT2D eigenvalue weighted by Gasteiger charge is -2.05. The third-order valence-corrected chi connectivity index (χ3v) is 3.59. The lowest BCUT2D eigenvalue weighted by molar-refractivity contribution is -0.113. The smallest absolute Gasteiger partial charge is 0.234 e. The molecule has 2 aromatic rings. The highest BCUT2D eigenvalue weighted by molar-refractivity contribution is 7.99. The molecule has 1 aromatic carbocycles. The first-order chi connectivity index (χ1) is 8.65. The number of nitrogens with one attached hydrogen (secondary N) is 2. The Hall–Kier alpha value is -1.24. The molecule has 2 rings (SSSR count). The van der Waals surface area contributed by atoms with Crippen LogP contribution >= 0.6 is 35.0 Å². The molecule has 0 bridgehead atoms. The van der Waals surface area contributed by atoms with Crippen molar-refractivity contribution in [1.29, 1.82) is 0 Å². The van der Waals surface area contributed by atoms with Gasteiger partial charge in [-0.25, -0.2) is 0 Å². The predicted molar refractivity (Wildman–Crippen MR) is 72.2 cm³/mol. The molecule has 0 saturated carbocycles. The van der Waals surface area contributed by atoms with Crippen molar-refractivity contribution >= 4 is 46.6 Å². The van der Waals surface area contributed by atoms with Crippen LogP contribution in [0.25, 0.3) is 0 Å². The van der Waals surface area contributed by atoms with Gasteiger partial charge in [-0.05, 0) is 18.2 Å². The van der Waals surface area contributed by atoms with E-state index in [-0.39, 0.29) is 11.7 Å². The van der Waals surface area contributed by atoms with Crippen molar-refractivity contribution in [1.82, 2.24) is 15.4 Å². The number of H-pyrrole nitrogens is 1. The van der Waals surface area contributed by atoms with Gasteiger partial charge in [0.1, 0.15) is 5.03 Å². The number of aromatic nitrogens is 3. The normalized spacial score (nSPS) is 10.3. The maximum absolute atomic E-state index is 11.6. The van der Waals surface area contributed by atoms with Crippen LogP contribution in [-0.2, 0) is 4.79 Å². The third kappa shape index (κ3) is 3.63. The zero-order valence-electron chi connectivity index (χ0n) is 8.98. The van der Waals surface area contributed by atoms with E-state index in [4.69, 9.17) is 23.2 Å². The second-order valence-corrected chi connectivity index (χ2v) is 5.08.